The molecule has 3 N–H and O–H groups in total. The number of rotatable bonds is 5. The molecule has 0 heterocycles. The van der Waals surface area contributed by atoms with Gasteiger partial charge in [0.2, 0.25) is 0 Å². The van der Waals surface area contributed by atoms with Gasteiger partial charge in [-0.1, -0.05) is 25.5 Å². The summed E-state index contributed by atoms with van der Waals surface area (Å²) in [6, 6.07) is 8.17. The minimum Gasteiger partial charge on any atom is -0.399 e. The fourth-order valence-corrected chi connectivity index (χ4v) is 2.33. The van der Waals surface area contributed by atoms with E-state index >= 15 is 0 Å². The smallest absolute Gasteiger partial charge is 0.0316 e. The van der Waals surface area contributed by atoms with Gasteiger partial charge in [0, 0.05) is 12.2 Å². The van der Waals surface area contributed by atoms with Crippen LogP contribution in [0.2, 0.25) is 0 Å². The van der Waals surface area contributed by atoms with Gasteiger partial charge in [-0.25, -0.2) is 0 Å². The molecule has 0 bridgehead atoms. The van der Waals surface area contributed by atoms with Crippen LogP contribution in [-0.2, 0) is 6.42 Å². The summed E-state index contributed by atoms with van der Waals surface area (Å²) in [5.41, 5.74) is 8.51. The minimum atomic E-state index is 0.579. The Morgan fingerprint density at radius 2 is 2.19 bits per heavy atom. The van der Waals surface area contributed by atoms with Crippen molar-refractivity contribution in [3.8, 4) is 0 Å². The second kappa shape index (κ2) is 4.88. The van der Waals surface area contributed by atoms with Crippen molar-refractivity contribution in [3.63, 3.8) is 0 Å². The Balaban J connectivity index is 1.68. The molecule has 0 aromatic heterocycles. The van der Waals surface area contributed by atoms with Crippen molar-refractivity contribution in [2.75, 3.05) is 18.8 Å². The van der Waals surface area contributed by atoms with E-state index in [1.165, 1.54) is 24.8 Å². The maximum atomic E-state index is 5.74. The molecular weight excluding hydrogens is 196 g/mol. The van der Waals surface area contributed by atoms with E-state index in [-0.39, 0.29) is 0 Å². The molecule has 1 saturated carbocycles. The first-order valence-electron chi connectivity index (χ1n) is 6.23. The van der Waals surface area contributed by atoms with Gasteiger partial charge in [-0.2, -0.15) is 0 Å². The number of benzene rings is 1. The van der Waals surface area contributed by atoms with E-state index in [1.807, 2.05) is 12.1 Å². The molecular formula is C14H22N2. The van der Waals surface area contributed by atoms with Gasteiger partial charge in [0.25, 0.3) is 0 Å². The zero-order chi connectivity index (χ0) is 11.4. The second-order valence-corrected chi connectivity index (χ2v) is 5.34. The number of anilines is 1. The topological polar surface area (TPSA) is 38.0 Å². The van der Waals surface area contributed by atoms with Crippen LogP contribution in [0, 0.1) is 5.41 Å². The molecule has 1 fully saturated rings. The summed E-state index contributed by atoms with van der Waals surface area (Å²) in [5, 5.41) is 3.55. The van der Waals surface area contributed by atoms with Crippen molar-refractivity contribution in [1.29, 1.82) is 0 Å². The highest BCUT2D eigenvalue weighted by Crippen LogP contribution is 2.39. The van der Waals surface area contributed by atoms with E-state index in [1.54, 1.807) is 0 Å². The average molecular weight is 218 g/mol. The third-order valence-corrected chi connectivity index (χ3v) is 3.65. The highest BCUT2D eigenvalue weighted by atomic mass is 14.9. The lowest BCUT2D eigenvalue weighted by atomic mass is 9.70. The lowest BCUT2D eigenvalue weighted by Gasteiger charge is -2.38. The zero-order valence-corrected chi connectivity index (χ0v) is 10.1. The molecule has 16 heavy (non-hydrogen) atoms. The summed E-state index contributed by atoms with van der Waals surface area (Å²) < 4.78 is 0. The summed E-state index contributed by atoms with van der Waals surface area (Å²) in [6.45, 7) is 4.60. The van der Waals surface area contributed by atoms with Crippen LogP contribution >= 0.6 is 0 Å². The normalized spacial score (nSPS) is 18.1. The molecule has 2 rings (SSSR count). The van der Waals surface area contributed by atoms with E-state index < -0.39 is 0 Å². The third-order valence-electron chi connectivity index (χ3n) is 3.65. The molecule has 0 atom stereocenters. The Bertz CT molecular complexity index is 342. The Morgan fingerprint density at radius 1 is 1.38 bits per heavy atom. The van der Waals surface area contributed by atoms with Gasteiger partial charge in [0.05, 0.1) is 0 Å². The van der Waals surface area contributed by atoms with Crippen LogP contribution < -0.4 is 11.1 Å². The predicted molar refractivity (Wildman–Crippen MR) is 69.4 cm³/mol. The molecule has 1 aromatic rings. The first-order valence-corrected chi connectivity index (χ1v) is 6.23. The van der Waals surface area contributed by atoms with Crippen LogP contribution in [0.4, 0.5) is 5.69 Å². The van der Waals surface area contributed by atoms with Gasteiger partial charge in [0.15, 0.2) is 0 Å². The third kappa shape index (κ3) is 2.99. The highest BCUT2D eigenvalue weighted by molar-refractivity contribution is 5.40. The van der Waals surface area contributed by atoms with E-state index in [2.05, 4.69) is 24.4 Å². The first kappa shape index (κ1) is 11.5. The summed E-state index contributed by atoms with van der Waals surface area (Å²) in [4.78, 5) is 0. The van der Waals surface area contributed by atoms with Gasteiger partial charge in [-0.3, -0.25) is 0 Å². The molecule has 0 radical (unpaired) electrons. The molecule has 2 nitrogen and oxygen atoms in total. The zero-order valence-electron chi connectivity index (χ0n) is 10.1. The molecule has 2 heteroatoms. The van der Waals surface area contributed by atoms with Crippen molar-refractivity contribution in [1.82, 2.24) is 5.32 Å². The highest BCUT2D eigenvalue weighted by Gasteiger charge is 2.30. The van der Waals surface area contributed by atoms with Crippen molar-refractivity contribution in [3.05, 3.63) is 29.8 Å². The average Bonchev–Trinajstić information content (AvgIpc) is 2.22. The molecule has 1 aliphatic carbocycles. The van der Waals surface area contributed by atoms with Crippen molar-refractivity contribution in [2.24, 2.45) is 5.41 Å². The molecule has 0 unspecified atom stereocenters. The van der Waals surface area contributed by atoms with E-state index in [0.717, 1.165) is 25.2 Å². The van der Waals surface area contributed by atoms with Crippen LogP contribution in [0.25, 0.3) is 0 Å². The molecule has 0 saturated heterocycles. The van der Waals surface area contributed by atoms with Crippen LogP contribution in [0.3, 0.4) is 0 Å². The maximum absolute atomic E-state index is 5.74. The Kier molecular flexibility index (Phi) is 3.49. The summed E-state index contributed by atoms with van der Waals surface area (Å²) >= 11 is 0. The number of nitrogens with one attached hydrogen (secondary N) is 1. The predicted octanol–water partition coefficient (Wildman–Crippen LogP) is 2.59. The number of hydrogen-bond donors (Lipinski definition) is 2. The second-order valence-electron chi connectivity index (χ2n) is 5.34. The van der Waals surface area contributed by atoms with E-state index in [4.69, 9.17) is 5.73 Å². The van der Waals surface area contributed by atoms with Gasteiger partial charge >= 0.3 is 0 Å². The van der Waals surface area contributed by atoms with Crippen LogP contribution in [0.1, 0.15) is 31.7 Å². The van der Waals surface area contributed by atoms with Gasteiger partial charge in [-0.15, -0.1) is 0 Å². The monoisotopic (exact) mass is 218 g/mol. The fourth-order valence-electron chi connectivity index (χ4n) is 2.33. The number of nitrogens with two attached hydrogens (primary N) is 1. The van der Waals surface area contributed by atoms with Gasteiger partial charge < -0.3 is 11.1 Å². The Morgan fingerprint density at radius 3 is 2.81 bits per heavy atom. The quantitative estimate of drug-likeness (QED) is 0.589. The van der Waals surface area contributed by atoms with Crippen LogP contribution in [0.5, 0.6) is 0 Å². The lowest BCUT2D eigenvalue weighted by molar-refractivity contribution is 0.157. The van der Waals surface area contributed by atoms with Gasteiger partial charge in [-0.05, 0) is 48.9 Å². The van der Waals surface area contributed by atoms with E-state index in [9.17, 15) is 0 Å². The first-order chi connectivity index (χ1) is 7.68. The Labute approximate surface area is 98.2 Å². The molecule has 1 aliphatic rings. The summed E-state index contributed by atoms with van der Waals surface area (Å²) in [7, 11) is 0. The molecule has 0 spiro atoms. The molecule has 88 valence electrons. The molecule has 0 aliphatic heterocycles. The maximum Gasteiger partial charge on any atom is 0.0316 e. The number of hydrogen-bond acceptors (Lipinski definition) is 2. The van der Waals surface area contributed by atoms with Crippen molar-refractivity contribution >= 4 is 5.69 Å². The van der Waals surface area contributed by atoms with Crippen LogP contribution in [-0.4, -0.2) is 13.1 Å². The minimum absolute atomic E-state index is 0.579. The van der Waals surface area contributed by atoms with Crippen LogP contribution in [0.15, 0.2) is 24.3 Å². The van der Waals surface area contributed by atoms with Gasteiger partial charge in [0.1, 0.15) is 0 Å². The summed E-state index contributed by atoms with van der Waals surface area (Å²) in [5.74, 6) is 0. The molecule has 0 amide bonds. The Hall–Kier alpha value is -1.02. The van der Waals surface area contributed by atoms with E-state index in [0.29, 0.717) is 5.41 Å². The number of nitrogen functional groups attached to an aromatic ring is 1. The molecule has 1 aromatic carbocycles. The fraction of sp³-hybridized carbons (Fsp3) is 0.571. The summed E-state index contributed by atoms with van der Waals surface area (Å²) in [6.07, 6.45) is 5.26. The van der Waals surface area contributed by atoms with Crippen molar-refractivity contribution in [2.45, 2.75) is 32.6 Å². The van der Waals surface area contributed by atoms with Crippen molar-refractivity contribution < 1.29 is 0 Å². The standard InChI is InChI=1S/C14H22N2/c1-14(7-3-8-14)11-16-9-6-12-4-2-5-13(15)10-12/h2,4-5,10,16H,3,6-9,11,15H2,1H3. The lowest BCUT2D eigenvalue weighted by Crippen LogP contribution is -2.37. The SMILES string of the molecule is CC1(CNCCc2cccc(N)c2)CCC1. The largest absolute Gasteiger partial charge is 0.399 e.